The van der Waals surface area contributed by atoms with E-state index in [1.54, 1.807) is 12.2 Å². The van der Waals surface area contributed by atoms with Gasteiger partial charge in [-0.05, 0) is 64.2 Å². The maximum Gasteiger partial charge on any atom is 0.469 e. The molecule has 0 aromatic rings. The van der Waals surface area contributed by atoms with Crippen LogP contribution in [0.4, 0.5) is 0 Å². The van der Waals surface area contributed by atoms with Crippen molar-refractivity contribution in [3.8, 4) is 0 Å². The van der Waals surface area contributed by atoms with E-state index in [9.17, 15) is 34.3 Å². The normalized spacial score (nSPS) is 20.3. The summed E-state index contributed by atoms with van der Waals surface area (Å²) in [6, 6.07) is 0. The molecule has 5 N–H and O–H groups in total. The molecule has 56 heavy (non-hydrogen) atoms. The second kappa shape index (κ2) is 32.3. The Kier molecular flexibility index (Phi) is 29.6. The molecule has 1 aliphatic rings. The number of phosphoric ester groups is 1. The summed E-state index contributed by atoms with van der Waals surface area (Å²) in [6.45, 7) is 3.12. The number of Topliss-reactive ketones (excluding diaryl/α,β-unsaturated/α-hetero) is 1. The van der Waals surface area contributed by atoms with Crippen LogP contribution in [0.25, 0.3) is 0 Å². The van der Waals surface area contributed by atoms with Crippen molar-refractivity contribution >= 4 is 25.5 Å². The number of ketones is 1. The second-order valence-corrected chi connectivity index (χ2v) is 15.8. The number of aliphatic hydroxyl groups excluding tert-OH is 3. The van der Waals surface area contributed by atoms with Gasteiger partial charge in [0.25, 0.3) is 0 Å². The molecule has 13 heteroatoms. The monoisotopic (exact) mass is 810 g/mol. The van der Waals surface area contributed by atoms with Gasteiger partial charge in [0.2, 0.25) is 0 Å². The van der Waals surface area contributed by atoms with E-state index in [2.05, 4.69) is 67.0 Å². The van der Waals surface area contributed by atoms with Gasteiger partial charge in [-0.2, -0.15) is 0 Å². The summed E-state index contributed by atoms with van der Waals surface area (Å²) >= 11 is 0. The Morgan fingerprint density at radius 1 is 0.732 bits per heavy atom. The number of ether oxygens (including phenoxy) is 2. The van der Waals surface area contributed by atoms with Gasteiger partial charge in [0.05, 0.1) is 24.9 Å². The minimum absolute atomic E-state index is 0.0583. The summed E-state index contributed by atoms with van der Waals surface area (Å²) in [7, 11) is -4.87. The molecule has 0 aromatic carbocycles. The standard InChI is InChI=1S/C43H71O12P/c1-3-5-7-8-9-10-11-12-13-14-15-16-17-18-19-20-22-27-42(48)53-33-37(34-54-56(50,51)52)55-43(49)28-24-23-26-36(45)31-39-38(40(46)32-41(39)47)30-29-35(44)25-21-6-4-2/h5,7,9-10,12-13,15-16,29-30,35,37-41,44,46-47H,3-4,6,8,11,14,17-28,31-34H2,1-2H3,(H2,50,51,52)/b7-5-,10-9-,13-12-,16-15-,30-29+/t35-,37+,38+,39+,40+,41-/m0/s1. The SMILES string of the molecule is CC/C=C\C/C=C\C/C=C\C/C=C\CCCCCCC(=O)OC[C@H](COP(=O)(O)O)OC(=O)CCCCC(=O)C[C@@H]1[C@@H](/C=C/[C@@H](O)CCCCC)[C@H](O)C[C@@H]1O. The third-order valence-electron chi connectivity index (χ3n) is 9.50. The topological polar surface area (TPSA) is 197 Å². The Morgan fingerprint density at radius 2 is 1.34 bits per heavy atom. The summed E-state index contributed by atoms with van der Waals surface area (Å²) < 4.78 is 26.3. The third-order valence-corrected chi connectivity index (χ3v) is 9.99. The minimum Gasteiger partial charge on any atom is -0.462 e. The van der Waals surface area contributed by atoms with E-state index in [-0.39, 0.29) is 37.9 Å². The van der Waals surface area contributed by atoms with E-state index in [4.69, 9.17) is 19.3 Å². The van der Waals surface area contributed by atoms with Crippen molar-refractivity contribution in [3.63, 3.8) is 0 Å². The van der Waals surface area contributed by atoms with E-state index in [1.807, 2.05) is 0 Å². The molecule has 0 spiro atoms. The molecular weight excluding hydrogens is 739 g/mol. The van der Waals surface area contributed by atoms with Crippen molar-refractivity contribution in [3.05, 3.63) is 60.8 Å². The van der Waals surface area contributed by atoms with Gasteiger partial charge < -0.3 is 34.6 Å². The highest BCUT2D eigenvalue weighted by molar-refractivity contribution is 7.46. The van der Waals surface area contributed by atoms with Crippen molar-refractivity contribution in [1.29, 1.82) is 0 Å². The van der Waals surface area contributed by atoms with Crippen LogP contribution in [0.3, 0.4) is 0 Å². The summed E-state index contributed by atoms with van der Waals surface area (Å²) in [5.41, 5.74) is 0. The maximum atomic E-state index is 12.8. The number of allylic oxidation sites excluding steroid dienone is 8. The summed E-state index contributed by atoms with van der Waals surface area (Å²) in [4.78, 5) is 55.8. The quantitative estimate of drug-likeness (QED) is 0.0185. The van der Waals surface area contributed by atoms with Gasteiger partial charge in [-0.1, -0.05) is 107 Å². The van der Waals surface area contributed by atoms with Crippen LogP contribution < -0.4 is 0 Å². The first-order chi connectivity index (χ1) is 26.9. The van der Waals surface area contributed by atoms with Crippen LogP contribution in [0.15, 0.2) is 60.8 Å². The van der Waals surface area contributed by atoms with Crippen LogP contribution >= 0.6 is 7.82 Å². The number of rotatable bonds is 33. The highest BCUT2D eigenvalue weighted by Crippen LogP contribution is 2.37. The van der Waals surface area contributed by atoms with Crippen molar-refractivity contribution < 1.29 is 58.1 Å². The van der Waals surface area contributed by atoms with Crippen LogP contribution in [0.2, 0.25) is 0 Å². The Labute approximate surface area is 335 Å². The molecule has 0 amide bonds. The van der Waals surface area contributed by atoms with E-state index < -0.39 is 69.2 Å². The average Bonchev–Trinajstić information content (AvgIpc) is 3.41. The fourth-order valence-corrected chi connectivity index (χ4v) is 6.72. The molecule has 0 heterocycles. The molecular formula is C43H71O12P. The zero-order valence-electron chi connectivity index (χ0n) is 33.8. The van der Waals surface area contributed by atoms with Crippen LogP contribution in [0, 0.1) is 11.8 Å². The van der Waals surface area contributed by atoms with Crippen LogP contribution in [-0.4, -0.2) is 80.5 Å². The Balaban J connectivity index is 2.34. The minimum atomic E-state index is -4.87. The second-order valence-electron chi connectivity index (χ2n) is 14.5. The highest BCUT2D eigenvalue weighted by atomic mass is 31.2. The van der Waals surface area contributed by atoms with Gasteiger partial charge in [-0.25, -0.2) is 4.57 Å². The average molecular weight is 811 g/mol. The maximum absolute atomic E-state index is 12.8. The molecule has 0 saturated heterocycles. The molecule has 0 aliphatic heterocycles. The molecule has 0 unspecified atom stereocenters. The lowest BCUT2D eigenvalue weighted by Gasteiger charge is -2.20. The summed E-state index contributed by atoms with van der Waals surface area (Å²) in [5, 5.41) is 31.2. The summed E-state index contributed by atoms with van der Waals surface area (Å²) in [6.07, 6.45) is 30.0. The van der Waals surface area contributed by atoms with Gasteiger partial charge >= 0.3 is 19.8 Å². The number of carbonyl (C=O) groups is 3. The van der Waals surface area contributed by atoms with Crippen LogP contribution in [0.5, 0.6) is 0 Å². The molecule has 320 valence electrons. The molecule has 0 bridgehead atoms. The number of esters is 2. The number of carbonyl (C=O) groups excluding carboxylic acids is 3. The number of hydrogen-bond donors (Lipinski definition) is 5. The summed E-state index contributed by atoms with van der Waals surface area (Å²) in [5.74, 6) is -2.25. The van der Waals surface area contributed by atoms with Crippen molar-refractivity contribution in [2.45, 2.75) is 167 Å². The predicted octanol–water partition coefficient (Wildman–Crippen LogP) is 8.07. The van der Waals surface area contributed by atoms with Gasteiger partial charge in [0.15, 0.2) is 6.10 Å². The van der Waals surface area contributed by atoms with Gasteiger partial charge in [-0.3, -0.25) is 18.9 Å². The fraction of sp³-hybridized carbons (Fsp3) is 0.698. The first-order valence-corrected chi connectivity index (χ1v) is 22.3. The zero-order valence-corrected chi connectivity index (χ0v) is 34.7. The molecule has 1 aliphatic carbocycles. The Bertz CT molecular complexity index is 1270. The molecule has 0 radical (unpaired) electrons. The first kappa shape index (κ1) is 51.3. The molecule has 6 atom stereocenters. The van der Waals surface area contributed by atoms with Gasteiger partial charge in [0, 0.05) is 43.9 Å². The molecule has 1 saturated carbocycles. The van der Waals surface area contributed by atoms with Crippen molar-refractivity contribution in [2.24, 2.45) is 11.8 Å². The lowest BCUT2D eigenvalue weighted by Crippen LogP contribution is -2.29. The third kappa shape index (κ3) is 27.8. The van der Waals surface area contributed by atoms with Crippen molar-refractivity contribution in [1.82, 2.24) is 0 Å². The predicted molar refractivity (Wildman–Crippen MR) is 218 cm³/mol. The Morgan fingerprint density at radius 3 is 2.00 bits per heavy atom. The van der Waals surface area contributed by atoms with Crippen LogP contribution in [0.1, 0.15) is 142 Å². The zero-order chi connectivity index (χ0) is 41.4. The lowest BCUT2D eigenvalue weighted by molar-refractivity contribution is -0.161. The number of hydrogen-bond acceptors (Lipinski definition) is 10. The lowest BCUT2D eigenvalue weighted by atomic mass is 9.87. The smallest absolute Gasteiger partial charge is 0.462 e. The Hall–Kier alpha value is -2.70. The largest absolute Gasteiger partial charge is 0.469 e. The first-order valence-electron chi connectivity index (χ1n) is 20.8. The fourth-order valence-electron chi connectivity index (χ4n) is 6.36. The van der Waals surface area contributed by atoms with Crippen LogP contribution in [-0.2, 0) is 32.9 Å². The number of phosphoric acid groups is 1. The van der Waals surface area contributed by atoms with E-state index in [1.165, 1.54) is 0 Å². The number of aliphatic hydroxyl groups is 3. The molecule has 12 nitrogen and oxygen atoms in total. The van der Waals surface area contributed by atoms with Gasteiger partial charge in [0.1, 0.15) is 12.4 Å². The molecule has 0 aromatic heterocycles. The van der Waals surface area contributed by atoms with Gasteiger partial charge in [-0.15, -0.1) is 0 Å². The number of unbranched alkanes of at least 4 members (excludes halogenated alkanes) is 7. The van der Waals surface area contributed by atoms with Crippen molar-refractivity contribution in [2.75, 3.05) is 13.2 Å². The van der Waals surface area contributed by atoms with E-state index in [0.717, 1.165) is 70.6 Å². The molecule has 1 rings (SSSR count). The molecule has 1 fully saturated rings. The van der Waals surface area contributed by atoms with E-state index in [0.29, 0.717) is 25.7 Å². The highest BCUT2D eigenvalue weighted by Gasteiger charge is 2.41. The van der Waals surface area contributed by atoms with E-state index >= 15 is 0 Å².